The molecule has 0 saturated carbocycles. The molecule has 2 heterocycles. The molecule has 0 spiro atoms. The molecular formula is C11H20N2O2. The summed E-state index contributed by atoms with van der Waals surface area (Å²) in [6, 6.07) is 1.48. The van der Waals surface area contributed by atoms with Crippen molar-refractivity contribution in [2.75, 3.05) is 13.7 Å². The Morgan fingerprint density at radius 3 is 2.67 bits per heavy atom. The molecule has 0 aromatic heterocycles. The number of amides is 1. The van der Waals surface area contributed by atoms with Crippen LogP contribution < -0.4 is 10.6 Å². The minimum Gasteiger partial charge on any atom is -0.453 e. The van der Waals surface area contributed by atoms with E-state index in [9.17, 15) is 4.79 Å². The van der Waals surface area contributed by atoms with Crippen LogP contribution in [0.4, 0.5) is 4.79 Å². The van der Waals surface area contributed by atoms with Crippen molar-refractivity contribution in [2.24, 2.45) is 5.92 Å². The molecule has 0 aromatic rings. The number of ether oxygens (including phenoxy) is 1. The minimum atomic E-state index is -0.313. The summed E-state index contributed by atoms with van der Waals surface area (Å²) in [6.45, 7) is 0.747. The lowest BCUT2D eigenvalue weighted by atomic mass is 9.90. The number of rotatable bonds is 3. The molecule has 2 saturated heterocycles. The quantitative estimate of drug-likeness (QED) is 0.740. The lowest BCUT2D eigenvalue weighted by Crippen LogP contribution is -2.39. The smallest absolute Gasteiger partial charge is 0.406 e. The Labute approximate surface area is 90.8 Å². The van der Waals surface area contributed by atoms with E-state index >= 15 is 0 Å². The largest absolute Gasteiger partial charge is 0.453 e. The first-order valence-corrected chi connectivity index (χ1v) is 5.86. The van der Waals surface area contributed by atoms with Crippen LogP contribution in [0.15, 0.2) is 0 Å². The second-order valence-corrected chi connectivity index (χ2v) is 4.68. The summed E-state index contributed by atoms with van der Waals surface area (Å²) in [5.41, 5.74) is 0. The van der Waals surface area contributed by atoms with Gasteiger partial charge in [0.25, 0.3) is 0 Å². The number of carbonyl (C=O) groups is 1. The van der Waals surface area contributed by atoms with Crippen molar-refractivity contribution in [2.45, 2.75) is 44.2 Å². The van der Waals surface area contributed by atoms with Crippen LogP contribution in [0.2, 0.25) is 0 Å². The third kappa shape index (κ3) is 2.84. The molecule has 1 amide bonds. The molecule has 4 nitrogen and oxygen atoms in total. The summed E-state index contributed by atoms with van der Waals surface area (Å²) in [4.78, 5) is 10.8. The number of nitrogens with one attached hydrogen (secondary N) is 2. The summed E-state index contributed by atoms with van der Waals surface area (Å²) in [7, 11) is 1.40. The Bertz CT molecular complexity index is 221. The van der Waals surface area contributed by atoms with Crippen molar-refractivity contribution < 1.29 is 9.53 Å². The van der Waals surface area contributed by atoms with E-state index in [1.807, 2.05) is 0 Å². The molecule has 2 aliphatic heterocycles. The fourth-order valence-corrected chi connectivity index (χ4v) is 2.86. The van der Waals surface area contributed by atoms with E-state index < -0.39 is 0 Å². The topological polar surface area (TPSA) is 50.4 Å². The number of piperidine rings is 1. The third-order valence-corrected chi connectivity index (χ3v) is 3.58. The summed E-state index contributed by atoms with van der Waals surface area (Å²) < 4.78 is 4.53. The summed E-state index contributed by atoms with van der Waals surface area (Å²) >= 11 is 0. The van der Waals surface area contributed by atoms with E-state index in [4.69, 9.17) is 0 Å². The summed E-state index contributed by atoms with van der Waals surface area (Å²) in [6.07, 6.45) is 6.01. The lowest BCUT2D eigenvalue weighted by Gasteiger charge is -2.28. The molecule has 2 atom stereocenters. The van der Waals surface area contributed by atoms with Gasteiger partial charge in [-0.3, -0.25) is 0 Å². The molecule has 86 valence electrons. The van der Waals surface area contributed by atoms with Gasteiger partial charge in [-0.1, -0.05) is 0 Å². The average molecular weight is 212 g/mol. The van der Waals surface area contributed by atoms with Crippen LogP contribution in [0.25, 0.3) is 0 Å². The second-order valence-electron chi connectivity index (χ2n) is 4.68. The number of hydrogen-bond donors (Lipinski definition) is 2. The zero-order valence-electron chi connectivity index (χ0n) is 9.29. The highest BCUT2D eigenvalue weighted by Crippen LogP contribution is 2.32. The van der Waals surface area contributed by atoms with Gasteiger partial charge >= 0.3 is 6.09 Å². The predicted molar refractivity (Wildman–Crippen MR) is 57.7 cm³/mol. The zero-order valence-corrected chi connectivity index (χ0v) is 9.29. The molecule has 0 aromatic carbocycles. The molecule has 2 aliphatic rings. The van der Waals surface area contributed by atoms with E-state index in [0.29, 0.717) is 0 Å². The predicted octanol–water partition coefficient (Wildman–Crippen LogP) is 1.26. The van der Waals surface area contributed by atoms with E-state index in [1.165, 1.54) is 32.8 Å². The van der Waals surface area contributed by atoms with Crippen LogP contribution in [-0.4, -0.2) is 31.8 Å². The normalized spacial score (nSPS) is 33.8. The van der Waals surface area contributed by atoms with Gasteiger partial charge in [-0.15, -0.1) is 0 Å². The standard InChI is InChI=1S/C11H20N2O2/c1-15-11(14)12-5-4-8-6-9-2-3-10(7-8)13-9/h8-10,13H,2-7H2,1H3,(H,12,14). The van der Waals surface area contributed by atoms with Gasteiger partial charge in [-0.2, -0.15) is 0 Å². The maximum atomic E-state index is 10.8. The highest BCUT2D eigenvalue weighted by molar-refractivity contribution is 5.66. The number of fused-ring (bicyclic) bond motifs is 2. The molecule has 0 aliphatic carbocycles. The monoisotopic (exact) mass is 212 g/mol. The van der Waals surface area contributed by atoms with Gasteiger partial charge in [-0.25, -0.2) is 4.79 Å². The number of hydrogen-bond acceptors (Lipinski definition) is 3. The van der Waals surface area contributed by atoms with Crippen LogP contribution in [-0.2, 0) is 4.74 Å². The molecule has 4 heteroatoms. The van der Waals surface area contributed by atoms with Crippen molar-refractivity contribution in [3.63, 3.8) is 0 Å². The van der Waals surface area contributed by atoms with Crippen LogP contribution in [0.3, 0.4) is 0 Å². The third-order valence-electron chi connectivity index (χ3n) is 3.58. The van der Waals surface area contributed by atoms with Crippen molar-refractivity contribution in [3.05, 3.63) is 0 Å². The Kier molecular flexibility index (Phi) is 3.46. The van der Waals surface area contributed by atoms with E-state index in [2.05, 4.69) is 15.4 Å². The van der Waals surface area contributed by atoms with Gasteiger partial charge in [0.15, 0.2) is 0 Å². The fourth-order valence-electron chi connectivity index (χ4n) is 2.86. The van der Waals surface area contributed by atoms with Crippen molar-refractivity contribution in [1.82, 2.24) is 10.6 Å². The highest BCUT2D eigenvalue weighted by Gasteiger charge is 2.32. The van der Waals surface area contributed by atoms with Gasteiger partial charge in [-0.05, 0) is 38.0 Å². The number of methoxy groups -OCH3 is 1. The van der Waals surface area contributed by atoms with E-state index in [0.717, 1.165) is 31.0 Å². The molecule has 2 rings (SSSR count). The van der Waals surface area contributed by atoms with Crippen LogP contribution in [0.1, 0.15) is 32.1 Å². The van der Waals surface area contributed by atoms with Crippen LogP contribution in [0.5, 0.6) is 0 Å². The van der Waals surface area contributed by atoms with Gasteiger partial charge < -0.3 is 15.4 Å². The maximum Gasteiger partial charge on any atom is 0.406 e. The average Bonchev–Trinajstić information content (AvgIpc) is 2.58. The number of carbonyl (C=O) groups excluding carboxylic acids is 1. The lowest BCUT2D eigenvalue weighted by molar-refractivity contribution is 0.169. The fraction of sp³-hybridized carbons (Fsp3) is 0.909. The van der Waals surface area contributed by atoms with E-state index in [-0.39, 0.29) is 6.09 Å². The molecule has 2 N–H and O–H groups in total. The van der Waals surface area contributed by atoms with Gasteiger partial charge in [0, 0.05) is 18.6 Å². The summed E-state index contributed by atoms with van der Waals surface area (Å²) in [5, 5.41) is 6.37. The van der Waals surface area contributed by atoms with Gasteiger partial charge in [0.2, 0.25) is 0 Å². The van der Waals surface area contributed by atoms with Gasteiger partial charge in [0.1, 0.15) is 0 Å². The minimum absolute atomic E-state index is 0.313. The first kappa shape index (κ1) is 10.7. The Morgan fingerprint density at radius 2 is 2.07 bits per heavy atom. The zero-order chi connectivity index (χ0) is 10.7. The molecule has 2 bridgehead atoms. The Morgan fingerprint density at radius 1 is 1.40 bits per heavy atom. The first-order valence-electron chi connectivity index (χ1n) is 5.86. The SMILES string of the molecule is COC(=O)NCCC1CC2CCC(C1)N2. The molecule has 0 radical (unpaired) electrons. The molecule has 2 unspecified atom stereocenters. The van der Waals surface area contributed by atoms with Crippen molar-refractivity contribution in [3.8, 4) is 0 Å². The van der Waals surface area contributed by atoms with Gasteiger partial charge in [0.05, 0.1) is 7.11 Å². The van der Waals surface area contributed by atoms with Crippen molar-refractivity contribution >= 4 is 6.09 Å². The molecule has 2 fully saturated rings. The maximum absolute atomic E-state index is 10.8. The highest BCUT2D eigenvalue weighted by atomic mass is 16.5. The number of alkyl carbamates (subject to hydrolysis) is 1. The Balaban J connectivity index is 1.65. The molecule has 15 heavy (non-hydrogen) atoms. The second kappa shape index (κ2) is 4.84. The Hall–Kier alpha value is -0.770. The first-order chi connectivity index (χ1) is 7.28. The van der Waals surface area contributed by atoms with Crippen LogP contribution >= 0.6 is 0 Å². The van der Waals surface area contributed by atoms with Crippen molar-refractivity contribution in [1.29, 1.82) is 0 Å². The molecular weight excluding hydrogens is 192 g/mol. The van der Waals surface area contributed by atoms with E-state index in [1.54, 1.807) is 0 Å². The van der Waals surface area contributed by atoms with Crippen LogP contribution in [0, 0.1) is 5.92 Å². The summed E-state index contributed by atoms with van der Waals surface area (Å²) in [5.74, 6) is 0.779.